The predicted molar refractivity (Wildman–Crippen MR) is 111 cm³/mol. The Bertz CT molecular complexity index is 1490. The van der Waals surface area contributed by atoms with Crippen molar-refractivity contribution in [3.05, 3.63) is 77.7 Å². The Morgan fingerprint density at radius 3 is 2.82 bits per heavy atom. The van der Waals surface area contributed by atoms with Crippen LogP contribution in [0.2, 0.25) is 0 Å². The monoisotopic (exact) mass is 463 g/mol. The zero-order valence-corrected chi connectivity index (χ0v) is 17.3. The molecule has 1 N–H and O–H groups in total. The number of imidazole rings is 1. The molecule has 1 amide bonds. The lowest BCUT2D eigenvalue weighted by molar-refractivity contribution is 0.0646. The maximum Gasteiger partial charge on any atom is 0.312 e. The van der Waals surface area contributed by atoms with E-state index in [0.717, 1.165) is 5.69 Å². The third kappa shape index (κ3) is 3.20. The van der Waals surface area contributed by atoms with Crippen molar-refractivity contribution in [2.75, 3.05) is 6.54 Å². The van der Waals surface area contributed by atoms with Gasteiger partial charge in [-0.3, -0.25) is 4.79 Å². The molecule has 6 heterocycles. The standard InChI is InChI=1S/C21H15F2N9O2/c22-17(23)14-4-1-3-11-9-13(30-32(11)14)16-15-12(26-10-27-15)5-8-31(16)21(33)20-29-28-19(34-20)18-24-6-2-7-25-18/h1-4,6-7,9-10,16-17H,5,8H2,(H,26,27)/t16-/m0/s1. The topological polar surface area (TPSA) is 131 Å². The summed E-state index contributed by atoms with van der Waals surface area (Å²) in [5, 5.41) is 12.2. The smallest absolute Gasteiger partial charge is 0.312 e. The van der Waals surface area contributed by atoms with Crippen molar-refractivity contribution in [1.82, 2.24) is 44.6 Å². The second-order valence-electron chi connectivity index (χ2n) is 7.56. The van der Waals surface area contributed by atoms with Crippen LogP contribution in [0.4, 0.5) is 8.78 Å². The highest BCUT2D eigenvalue weighted by molar-refractivity contribution is 5.90. The molecule has 34 heavy (non-hydrogen) atoms. The van der Waals surface area contributed by atoms with Gasteiger partial charge in [-0.15, -0.1) is 10.2 Å². The molecular weight excluding hydrogens is 448 g/mol. The number of rotatable bonds is 4. The maximum absolute atomic E-state index is 13.5. The van der Waals surface area contributed by atoms with Crippen molar-refractivity contribution < 1.29 is 18.0 Å². The molecule has 0 spiro atoms. The minimum absolute atomic E-state index is 0.00673. The first-order chi connectivity index (χ1) is 16.6. The van der Waals surface area contributed by atoms with E-state index in [9.17, 15) is 13.6 Å². The molecule has 5 aromatic heterocycles. The number of carbonyl (C=O) groups is 1. The van der Waals surface area contributed by atoms with E-state index in [-0.39, 0.29) is 23.3 Å². The van der Waals surface area contributed by atoms with Gasteiger partial charge < -0.3 is 14.3 Å². The number of aromatic nitrogens is 8. The van der Waals surface area contributed by atoms with Crippen LogP contribution in [0.3, 0.4) is 0 Å². The van der Waals surface area contributed by atoms with Gasteiger partial charge in [0.2, 0.25) is 5.82 Å². The predicted octanol–water partition coefficient (Wildman–Crippen LogP) is 2.62. The van der Waals surface area contributed by atoms with Gasteiger partial charge in [0, 0.05) is 31.1 Å². The van der Waals surface area contributed by atoms with Gasteiger partial charge in [0.1, 0.15) is 11.7 Å². The lowest BCUT2D eigenvalue weighted by Crippen LogP contribution is -2.41. The molecule has 170 valence electrons. The fourth-order valence-corrected chi connectivity index (χ4v) is 4.08. The summed E-state index contributed by atoms with van der Waals surface area (Å²) in [5.74, 6) is -0.589. The second kappa shape index (κ2) is 7.79. The van der Waals surface area contributed by atoms with Gasteiger partial charge in [-0.25, -0.2) is 28.2 Å². The summed E-state index contributed by atoms with van der Waals surface area (Å²) in [5.41, 5.74) is 2.03. The van der Waals surface area contributed by atoms with Crippen LogP contribution in [-0.2, 0) is 6.42 Å². The van der Waals surface area contributed by atoms with Crippen LogP contribution in [-0.4, -0.2) is 57.1 Å². The highest BCUT2D eigenvalue weighted by Crippen LogP contribution is 2.35. The first-order valence-electron chi connectivity index (χ1n) is 10.3. The number of hydrogen-bond donors (Lipinski definition) is 1. The van der Waals surface area contributed by atoms with Gasteiger partial charge >= 0.3 is 11.8 Å². The Morgan fingerprint density at radius 1 is 1.15 bits per heavy atom. The van der Waals surface area contributed by atoms with Crippen molar-refractivity contribution in [1.29, 1.82) is 0 Å². The highest BCUT2D eigenvalue weighted by Gasteiger charge is 2.38. The van der Waals surface area contributed by atoms with Gasteiger partial charge in [0.15, 0.2) is 0 Å². The van der Waals surface area contributed by atoms with Crippen molar-refractivity contribution >= 4 is 11.4 Å². The third-order valence-corrected chi connectivity index (χ3v) is 5.59. The van der Waals surface area contributed by atoms with Crippen molar-refractivity contribution in [3.63, 3.8) is 0 Å². The zero-order valence-electron chi connectivity index (χ0n) is 17.3. The fraction of sp³-hybridized carbons (Fsp3) is 0.190. The largest absolute Gasteiger partial charge is 0.409 e. The molecule has 0 saturated carbocycles. The van der Waals surface area contributed by atoms with Gasteiger partial charge in [-0.1, -0.05) is 6.07 Å². The Balaban J connectivity index is 1.42. The first kappa shape index (κ1) is 20.1. The second-order valence-corrected chi connectivity index (χ2v) is 7.56. The molecule has 1 aliphatic rings. The molecule has 5 aromatic rings. The summed E-state index contributed by atoms with van der Waals surface area (Å²) in [6.07, 6.45) is 2.37. The zero-order chi connectivity index (χ0) is 23.2. The van der Waals surface area contributed by atoms with E-state index in [1.807, 2.05) is 0 Å². The lowest BCUT2D eigenvalue weighted by Gasteiger charge is -2.32. The van der Waals surface area contributed by atoms with Crippen LogP contribution >= 0.6 is 0 Å². The Labute approximate surface area is 189 Å². The molecule has 0 radical (unpaired) electrons. The molecule has 1 aliphatic heterocycles. The number of H-pyrrole nitrogens is 1. The molecular formula is C21H15F2N9O2. The Morgan fingerprint density at radius 2 is 2.00 bits per heavy atom. The molecule has 0 aromatic carbocycles. The van der Waals surface area contributed by atoms with Crippen molar-refractivity contribution in [3.8, 4) is 11.7 Å². The van der Waals surface area contributed by atoms with Crippen LogP contribution in [0.1, 0.15) is 45.9 Å². The summed E-state index contributed by atoms with van der Waals surface area (Å²) in [6, 6.07) is 7.09. The Hall–Kier alpha value is -4.55. The molecule has 0 aliphatic carbocycles. The normalized spacial score (nSPS) is 15.7. The van der Waals surface area contributed by atoms with E-state index in [1.165, 1.54) is 40.3 Å². The van der Waals surface area contributed by atoms with Gasteiger partial charge in [0.25, 0.3) is 12.3 Å². The van der Waals surface area contributed by atoms with Crippen LogP contribution in [0.15, 0.2) is 53.5 Å². The van der Waals surface area contributed by atoms with Crippen LogP contribution in [0, 0.1) is 0 Å². The average molecular weight is 463 g/mol. The summed E-state index contributed by atoms with van der Waals surface area (Å²) < 4.78 is 33.8. The highest BCUT2D eigenvalue weighted by atomic mass is 19.3. The number of hydrogen-bond acceptors (Lipinski definition) is 8. The minimum Gasteiger partial charge on any atom is -0.409 e. The molecule has 13 heteroatoms. The SMILES string of the molecule is O=C(c1nnc(-c2ncccn2)o1)N1CCc2[nH]cnc2[C@@H]1c1cc2cccc(C(F)F)n2n1. The number of nitrogens with one attached hydrogen (secondary N) is 1. The van der Waals surface area contributed by atoms with Crippen LogP contribution < -0.4 is 0 Å². The van der Waals surface area contributed by atoms with E-state index in [2.05, 4.69) is 35.2 Å². The van der Waals surface area contributed by atoms with Gasteiger partial charge in [0.05, 0.1) is 23.2 Å². The summed E-state index contributed by atoms with van der Waals surface area (Å²) in [6.45, 7) is 0.299. The third-order valence-electron chi connectivity index (χ3n) is 5.59. The Kier molecular flexibility index (Phi) is 4.60. The van der Waals surface area contributed by atoms with Gasteiger partial charge in [-0.2, -0.15) is 5.10 Å². The first-order valence-corrected chi connectivity index (χ1v) is 10.3. The maximum atomic E-state index is 13.5. The fourth-order valence-electron chi connectivity index (χ4n) is 4.08. The van der Waals surface area contributed by atoms with E-state index in [4.69, 9.17) is 4.42 Å². The number of pyridine rings is 1. The number of alkyl halides is 2. The molecule has 6 rings (SSSR count). The number of carbonyl (C=O) groups excluding carboxylic acids is 1. The molecule has 0 fully saturated rings. The minimum atomic E-state index is -2.71. The molecule has 11 nitrogen and oxygen atoms in total. The lowest BCUT2D eigenvalue weighted by atomic mass is 9.99. The van der Waals surface area contributed by atoms with E-state index in [0.29, 0.717) is 29.9 Å². The molecule has 0 unspecified atom stereocenters. The van der Waals surface area contributed by atoms with Crippen LogP contribution in [0.5, 0.6) is 0 Å². The van der Waals surface area contributed by atoms with E-state index in [1.54, 1.807) is 18.2 Å². The van der Waals surface area contributed by atoms with E-state index < -0.39 is 18.4 Å². The summed E-state index contributed by atoms with van der Waals surface area (Å²) in [7, 11) is 0. The number of fused-ring (bicyclic) bond motifs is 2. The number of nitrogens with zero attached hydrogens (tertiary/aromatic N) is 8. The summed E-state index contributed by atoms with van der Waals surface area (Å²) >= 11 is 0. The average Bonchev–Trinajstić information content (AvgIpc) is 3.62. The molecule has 1 atom stereocenters. The van der Waals surface area contributed by atoms with E-state index >= 15 is 0 Å². The molecule has 0 saturated heterocycles. The van der Waals surface area contributed by atoms with Crippen molar-refractivity contribution in [2.45, 2.75) is 18.9 Å². The molecule has 0 bridgehead atoms. The summed E-state index contributed by atoms with van der Waals surface area (Å²) in [4.78, 5) is 30.5. The number of amides is 1. The number of aromatic amines is 1. The van der Waals surface area contributed by atoms with Crippen molar-refractivity contribution in [2.24, 2.45) is 0 Å². The van der Waals surface area contributed by atoms with Crippen LogP contribution in [0.25, 0.3) is 17.2 Å². The number of halogens is 2. The quantitative estimate of drug-likeness (QED) is 0.430. The van der Waals surface area contributed by atoms with Gasteiger partial charge in [-0.05, 0) is 24.3 Å².